The maximum absolute atomic E-state index is 13.2. The van der Waals surface area contributed by atoms with Crippen molar-refractivity contribution in [1.29, 1.82) is 0 Å². The maximum atomic E-state index is 13.2. The van der Waals surface area contributed by atoms with Crippen molar-refractivity contribution in [2.24, 2.45) is 0 Å². The standard InChI is InChI=1S/C22H29N3O5S2/c1-21(2,3)31(26,27)19-14-25-17(13-23-20(25)12-18(19)30-7)15-9-8-10-16(11-15)24-32(28,29)22(4,5)6/h8-14,24H,1-7H3. The zero-order valence-electron chi connectivity index (χ0n) is 19.3. The normalized spacial score (nSPS) is 13.3. The monoisotopic (exact) mass is 479 g/mol. The molecule has 3 rings (SSSR count). The van der Waals surface area contributed by atoms with Crippen molar-refractivity contribution in [2.45, 2.75) is 55.9 Å². The van der Waals surface area contributed by atoms with Gasteiger partial charge in [0.15, 0.2) is 9.84 Å². The van der Waals surface area contributed by atoms with E-state index in [2.05, 4.69) is 9.71 Å². The van der Waals surface area contributed by atoms with E-state index in [4.69, 9.17) is 4.74 Å². The quantitative estimate of drug-likeness (QED) is 0.590. The van der Waals surface area contributed by atoms with Crippen LogP contribution in [0.4, 0.5) is 5.69 Å². The second-order valence-corrected chi connectivity index (χ2v) is 14.6. The van der Waals surface area contributed by atoms with Crippen LogP contribution in [0.1, 0.15) is 41.5 Å². The number of nitrogens with zero attached hydrogens (tertiary/aromatic N) is 2. The van der Waals surface area contributed by atoms with Gasteiger partial charge in [0.25, 0.3) is 0 Å². The Labute approximate surface area is 189 Å². The summed E-state index contributed by atoms with van der Waals surface area (Å²) >= 11 is 0. The smallest absolute Gasteiger partial charge is 0.237 e. The molecule has 32 heavy (non-hydrogen) atoms. The van der Waals surface area contributed by atoms with Gasteiger partial charge in [-0.25, -0.2) is 21.8 Å². The highest BCUT2D eigenvalue weighted by atomic mass is 32.2. The van der Waals surface area contributed by atoms with Crippen LogP contribution in [0, 0.1) is 0 Å². The number of pyridine rings is 1. The number of anilines is 1. The van der Waals surface area contributed by atoms with Crippen molar-refractivity contribution in [3.63, 3.8) is 0 Å². The molecule has 0 saturated heterocycles. The fourth-order valence-corrected chi connectivity index (χ4v) is 5.00. The van der Waals surface area contributed by atoms with Crippen molar-refractivity contribution in [1.82, 2.24) is 9.38 Å². The molecule has 0 aliphatic heterocycles. The van der Waals surface area contributed by atoms with Crippen LogP contribution in [0.3, 0.4) is 0 Å². The van der Waals surface area contributed by atoms with Crippen LogP contribution < -0.4 is 9.46 Å². The van der Waals surface area contributed by atoms with Gasteiger partial charge in [0.1, 0.15) is 16.3 Å². The Balaban J connectivity index is 2.17. The molecule has 0 bridgehead atoms. The minimum atomic E-state index is -3.70. The Morgan fingerprint density at radius 1 is 0.969 bits per heavy atom. The van der Waals surface area contributed by atoms with Gasteiger partial charge in [0, 0.05) is 23.5 Å². The molecule has 0 aliphatic rings. The van der Waals surface area contributed by atoms with Crippen LogP contribution in [-0.2, 0) is 19.9 Å². The number of rotatable bonds is 5. The van der Waals surface area contributed by atoms with Crippen molar-refractivity contribution < 1.29 is 21.6 Å². The zero-order valence-corrected chi connectivity index (χ0v) is 20.9. The fourth-order valence-electron chi connectivity index (χ4n) is 2.94. The van der Waals surface area contributed by atoms with Gasteiger partial charge >= 0.3 is 0 Å². The van der Waals surface area contributed by atoms with Gasteiger partial charge < -0.3 is 4.74 Å². The first-order valence-corrected chi connectivity index (χ1v) is 13.0. The first-order valence-electron chi connectivity index (χ1n) is 10.0. The van der Waals surface area contributed by atoms with E-state index in [0.29, 0.717) is 22.6 Å². The van der Waals surface area contributed by atoms with Crippen LogP contribution in [0.15, 0.2) is 47.6 Å². The van der Waals surface area contributed by atoms with E-state index in [1.807, 2.05) is 0 Å². The summed E-state index contributed by atoms with van der Waals surface area (Å²) in [4.78, 5) is 4.44. The lowest BCUT2D eigenvalue weighted by atomic mass is 10.1. The van der Waals surface area contributed by atoms with Crippen molar-refractivity contribution in [2.75, 3.05) is 11.8 Å². The second kappa shape index (κ2) is 7.77. The number of sulfonamides is 1. The minimum Gasteiger partial charge on any atom is -0.495 e. The summed E-state index contributed by atoms with van der Waals surface area (Å²) in [5.41, 5.74) is 2.20. The summed E-state index contributed by atoms with van der Waals surface area (Å²) in [5, 5.41) is 0. The molecule has 2 aromatic heterocycles. The average Bonchev–Trinajstić information content (AvgIpc) is 3.08. The molecule has 0 fully saturated rings. The number of benzene rings is 1. The van der Waals surface area contributed by atoms with E-state index in [9.17, 15) is 16.8 Å². The minimum absolute atomic E-state index is 0.0591. The number of imidazole rings is 1. The molecule has 0 amide bonds. The molecule has 174 valence electrons. The first-order chi connectivity index (χ1) is 14.6. The van der Waals surface area contributed by atoms with Crippen LogP contribution in [0.2, 0.25) is 0 Å². The Hall–Kier alpha value is -2.59. The number of hydrogen-bond acceptors (Lipinski definition) is 6. The summed E-state index contributed by atoms with van der Waals surface area (Å²) in [6.45, 7) is 9.75. The largest absolute Gasteiger partial charge is 0.495 e. The number of aromatic nitrogens is 2. The highest BCUT2D eigenvalue weighted by Crippen LogP contribution is 2.34. The van der Waals surface area contributed by atoms with Gasteiger partial charge in [-0.05, 0) is 53.7 Å². The molecule has 0 atom stereocenters. The summed E-state index contributed by atoms with van der Waals surface area (Å²) in [6.07, 6.45) is 3.11. The fraction of sp³-hybridized carbons (Fsp3) is 0.409. The molecular formula is C22H29N3O5S2. The summed E-state index contributed by atoms with van der Waals surface area (Å²) in [5.74, 6) is 0.219. The highest BCUT2D eigenvalue weighted by Gasteiger charge is 2.34. The average molecular weight is 480 g/mol. The topological polar surface area (TPSA) is 107 Å². The molecule has 0 unspecified atom stereocenters. The molecule has 0 radical (unpaired) electrons. The third-order valence-electron chi connectivity index (χ3n) is 5.11. The first kappa shape index (κ1) is 24.1. The van der Waals surface area contributed by atoms with Crippen LogP contribution >= 0.6 is 0 Å². The van der Waals surface area contributed by atoms with Crippen LogP contribution in [0.5, 0.6) is 5.75 Å². The zero-order chi connectivity index (χ0) is 24.1. The van der Waals surface area contributed by atoms with Gasteiger partial charge in [0.05, 0.1) is 28.5 Å². The highest BCUT2D eigenvalue weighted by molar-refractivity contribution is 7.94. The van der Waals surface area contributed by atoms with Gasteiger partial charge in [-0.2, -0.15) is 0 Å². The van der Waals surface area contributed by atoms with Crippen LogP contribution in [-0.4, -0.2) is 42.8 Å². The van der Waals surface area contributed by atoms with Gasteiger partial charge in [0.2, 0.25) is 10.0 Å². The molecule has 8 nitrogen and oxygen atoms in total. The summed E-state index contributed by atoms with van der Waals surface area (Å²) in [7, 11) is -5.88. The van der Waals surface area contributed by atoms with E-state index in [1.54, 1.807) is 82.5 Å². The van der Waals surface area contributed by atoms with Crippen molar-refractivity contribution >= 4 is 31.2 Å². The van der Waals surface area contributed by atoms with E-state index in [1.165, 1.54) is 13.3 Å². The van der Waals surface area contributed by atoms with Gasteiger partial charge in [-0.1, -0.05) is 12.1 Å². The maximum Gasteiger partial charge on any atom is 0.237 e. The SMILES string of the molecule is COc1cc2ncc(-c3cccc(NS(=O)(=O)C(C)(C)C)c3)n2cc1S(=O)(=O)C(C)(C)C. The Morgan fingerprint density at radius 3 is 2.19 bits per heavy atom. The molecule has 0 saturated carbocycles. The van der Waals surface area contributed by atoms with E-state index >= 15 is 0 Å². The lowest BCUT2D eigenvalue weighted by molar-refractivity contribution is 0.401. The Morgan fingerprint density at radius 2 is 1.62 bits per heavy atom. The number of hydrogen-bond donors (Lipinski definition) is 1. The number of fused-ring (bicyclic) bond motifs is 1. The number of nitrogens with one attached hydrogen (secondary N) is 1. The van der Waals surface area contributed by atoms with E-state index in [0.717, 1.165) is 0 Å². The third kappa shape index (κ3) is 4.21. The Kier molecular flexibility index (Phi) is 5.84. The van der Waals surface area contributed by atoms with Gasteiger partial charge in [-0.3, -0.25) is 9.12 Å². The molecule has 0 spiro atoms. The predicted molar refractivity (Wildman–Crippen MR) is 126 cm³/mol. The molecule has 1 N–H and O–H groups in total. The van der Waals surface area contributed by atoms with E-state index < -0.39 is 29.4 Å². The van der Waals surface area contributed by atoms with Crippen molar-refractivity contribution in [3.8, 4) is 17.0 Å². The lowest BCUT2D eigenvalue weighted by Crippen LogP contribution is -2.33. The molecular weight excluding hydrogens is 450 g/mol. The lowest BCUT2D eigenvalue weighted by Gasteiger charge is -2.21. The molecule has 0 aliphatic carbocycles. The molecule has 3 aromatic rings. The van der Waals surface area contributed by atoms with Crippen LogP contribution in [0.25, 0.3) is 16.9 Å². The van der Waals surface area contributed by atoms with Gasteiger partial charge in [-0.15, -0.1) is 0 Å². The predicted octanol–water partition coefficient (Wildman–Crippen LogP) is 4.12. The molecule has 10 heteroatoms. The summed E-state index contributed by atoms with van der Waals surface area (Å²) < 4.78 is 59.0. The second-order valence-electron chi connectivity index (χ2n) is 9.49. The molecule has 2 heterocycles. The Bertz CT molecular complexity index is 1380. The van der Waals surface area contributed by atoms with Crippen molar-refractivity contribution in [3.05, 3.63) is 42.7 Å². The summed E-state index contributed by atoms with van der Waals surface area (Å²) in [6, 6.07) is 8.46. The van der Waals surface area contributed by atoms with E-state index in [-0.39, 0.29) is 10.6 Å². The molecule has 1 aromatic carbocycles. The number of methoxy groups -OCH3 is 1. The third-order valence-corrected chi connectivity index (χ3v) is 9.72. The number of ether oxygens (including phenoxy) is 1. The number of sulfone groups is 1.